The van der Waals surface area contributed by atoms with Crippen LogP contribution >= 0.6 is 0 Å². The third-order valence-corrected chi connectivity index (χ3v) is 4.02. The topological polar surface area (TPSA) is 41.1 Å². The Kier molecular flexibility index (Phi) is 5.44. The zero-order valence-electron chi connectivity index (χ0n) is 11.8. The molecule has 0 heterocycles. The predicted molar refractivity (Wildman–Crippen MR) is 71.9 cm³/mol. The lowest BCUT2D eigenvalue weighted by molar-refractivity contribution is -0.119. The molecule has 100 valence electrons. The second-order valence-corrected chi connectivity index (χ2v) is 6.32. The van der Waals surface area contributed by atoms with Gasteiger partial charge in [0, 0.05) is 13.1 Å². The minimum Gasteiger partial charge on any atom is -0.358 e. The SMILES string of the molecule is CNC(=O)CNC1CCCC(C(C)(C)C)CC1. The average Bonchev–Trinajstić information content (AvgIpc) is 2.50. The van der Waals surface area contributed by atoms with Gasteiger partial charge in [-0.25, -0.2) is 0 Å². The number of hydrogen-bond donors (Lipinski definition) is 2. The van der Waals surface area contributed by atoms with Crippen molar-refractivity contribution in [2.24, 2.45) is 11.3 Å². The van der Waals surface area contributed by atoms with Crippen LogP contribution in [0.3, 0.4) is 0 Å². The van der Waals surface area contributed by atoms with Gasteiger partial charge < -0.3 is 10.6 Å². The van der Waals surface area contributed by atoms with Crippen LogP contribution in [0.15, 0.2) is 0 Å². The van der Waals surface area contributed by atoms with E-state index in [0.29, 0.717) is 18.0 Å². The summed E-state index contributed by atoms with van der Waals surface area (Å²) in [7, 11) is 1.69. The summed E-state index contributed by atoms with van der Waals surface area (Å²) in [5.41, 5.74) is 0.426. The van der Waals surface area contributed by atoms with Crippen LogP contribution in [-0.2, 0) is 4.79 Å². The summed E-state index contributed by atoms with van der Waals surface area (Å²) in [4.78, 5) is 11.2. The Morgan fingerprint density at radius 1 is 1.18 bits per heavy atom. The number of hydrogen-bond acceptors (Lipinski definition) is 2. The van der Waals surface area contributed by atoms with Gasteiger partial charge in [0.2, 0.25) is 5.91 Å². The first kappa shape index (κ1) is 14.5. The smallest absolute Gasteiger partial charge is 0.233 e. The minimum atomic E-state index is 0.0848. The van der Waals surface area contributed by atoms with E-state index >= 15 is 0 Å². The lowest BCUT2D eigenvalue weighted by Gasteiger charge is -2.29. The molecule has 3 heteroatoms. The van der Waals surface area contributed by atoms with E-state index in [4.69, 9.17) is 0 Å². The van der Waals surface area contributed by atoms with Crippen LogP contribution < -0.4 is 10.6 Å². The molecule has 1 rings (SSSR count). The molecule has 0 bridgehead atoms. The molecule has 1 fully saturated rings. The molecule has 0 aromatic rings. The molecule has 0 radical (unpaired) electrons. The largest absolute Gasteiger partial charge is 0.358 e. The molecule has 0 spiro atoms. The molecule has 2 unspecified atom stereocenters. The molecule has 1 aliphatic rings. The Hall–Kier alpha value is -0.570. The van der Waals surface area contributed by atoms with E-state index in [1.54, 1.807) is 7.05 Å². The fourth-order valence-electron chi connectivity index (χ4n) is 2.70. The Morgan fingerprint density at radius 3 is 2.47 bits per heavy atom. The first-order valence-electron chi connectivity index (χ1n) is 6.87. The van der Waals surface area contributed by atoms with Crippen LogP contribution in [0.4, 0.5) is 0 Å². The summed E-state index contributed by atoms with van der Waals surface area (Å²) in [5, 5.41) is 6.02. The van der Waals surface area contributed by atoms with Crippen molar-refractivity contribution < 1.29 is 4.79 Å². The zero-order valence-corrected chi connectivity index (χ0v) is 11.8. The predicted octanol–water partition coefficient (Wildman–Crippen LogP) is 2.32. The van der Waals surface area contributed by atoms with Crippen molar-refractivity contribution in [1.82, 2.24) is 10.6 Å². The Balaban J connectivity index is 2.35. The maximum Gasteiger partial charge on any atom is 0.233 e. The van der Waals surface area contributed by atoms with Gasteiger partial charge in [-0.1, -0.05) is 27.2 Å². The molecule has 0 aliphatic heterocycles. The van der Waals surface area contributed by atoms with Gasteiger partial charge in [0.05, 0.1) is 6.54 Å². The Bertz CT molecular complexity index is 245. The molecule has 1 aliphatic carbocycles. The number of amides is 1. The number of carbonyl (C=O) groups is 1. The van der Waals surface area contributed by atoms with E-state index in [-0.39, 0.29) is 5.91 Å². The molecule has 3 nitrogen and oxygen atoms in total. The van der Waals surface area contributed by atoms with E-state index in [1.165, 1.54) is 32.1 Å². The van der Waals surface area contributed by atoms with Crippen molar-refractivity contribution in [3.05, 3.63) is 0 Å². The van der Waals surface area contributed by atoms with Crippen molar-refractivity contribution >= 4 is 5.91 Å². The van der Waals surface area contributed by atoms with E-state index in [2.05, 4.69) is 31.4 Å². The van der Waals surface area contributed by atoms with Crippen LogP contribution in [0, 0.1) is 11.3 Å². The van der Waals surface area contributed by atoms with Crippen LogP contribution in [0.5, 0.6) is 0 Å². The fourth-order valence-corrected chi connectivity index (χ4v) is 2.70. The highest BCUT2D eigenvalue weighted by Gasteiger charge is 2.27. The quantitative estimate of drug-likeness (QED) is 0.743. The van der Waals surface area contributed by atoms with Crippen molar-refractivity contribution in [3.63, 3.8) is 0 Å². The molecule has 2 atom stereocenters. The fraction of sp³-hybridized carbons (Fsp3) is 0.929. The first-order valence-corrected chi connectivity index (χ1v) is 6.87. The summed E-state index contributed by atoms with van der Waals surface area (Å²) in [5.74, 6) is 0.913. The summed E-state index contributed by atoms with van der Waals surface area (Å²) < 4.78 is 0. The number of nitrogens with one attached hydrogen (secondary N) is 2. The number of likely N-dealkylation sites (N-methyl/N-ethyl adjacent to an activating group) is 1. The molecular formula is C14H28N2O. The third kappa shape index (κ3) is 5.07. The monoisotopic (exact) mass is 240 g/mol. The van der Waals surface area contributed by atoms with E-state index in [1.807, 2.05) is 0 Å². The molecule has 0 aromatic heterocycles. The summed E-state index contributed by atoms with van der Waals surface area (Å²) in [6, 6.07) is 0.527. The first-order chi connectivity index (χ1) is 7.93. The lowest BCUT2D eigenvalue weighted by Crippen LogP contribution is -2.37. The van der Waals surface area contributed by atoms with Crippen LogP contribution in [0.25, 0.3) is 0 Å². The minimum absolute atomic E-state index is 0.0848. The summed E-state index contributed by atoms with van der Waals surface area (Å²) >= 11 is 0. The van der Waals surface area contributed by atoms with Gasteiger partial charge in [0.25, 0.3) is 0 Å². The lowest BCUT2D eigenvalue weighted by atomic mass is 9.76. The molecular weight excluding hydrogens is 212 g/mol. The van der Waals surface area contributed by atoms with Gasteiger partial charge >= 0.3 is 0 Å². The van der Waals surface area contributed by atoms with E-state index < -0.39 is 0 Å². The highest BCUT2D eigenvalue weighted by molar-refractivity contribution is 5.77. The van der Waals surface area contributed by atoms with Crippen molar-refractivity contribution in [3.8, 4) is 0 Å². The molecule has 2 N–H and O–H groups in total. The van der Waals surface area contributed by atoms with E-state index in [9.17, 15) is 4.79 Å². The molecule has 1 amide bonds. The van der Waals surface area contributed by atoms with Gasteiger partial charge in [0.15, 0.2) is 0 Å². The van der Waals surface area contributed by atoms with Crippen LogP contribution in [-0.4, -0.2) is 25.5 Å². The van der Waals surface area contributed by atoms with Gasteiger partial charge in [0.1, 0.15) is 0 Å². The molecule has 0 aromatic carbocycles. The average molecular weight is 240 g/mol. The normalized spacial score (nSPS) is 26.4. The second kappa shape index (κ2) is 6.39. The standard InChI is InChI=1S/C14H28N2O/c1-14(2,3)11-6-5-7-12(9-8-11)16-10-13(17)15-4/h11-12,16H,5-10H2,1-4H3,(H,15,17). The third-order valence-electron chi connectivity index (χ3n) is 4.02. The zero-order chi connectivity index (χ0) is 12.9. The van der Waals surface area contributed by atoms with Crippen molar-refractivity contribution in [1.29, 1.82) is 0 Å². The van der Waals surface area contributed by atoms with Gasteiger partial charge in [-0.15, -0.1) is 0 Å². The number of rotatable bonds is 3. The second-order valence-electron chi connectivity index (χ2n) is 6.32. The molecule has 1 saturated carbocycles. The van der Waals surface area contributed by atoms with Crippen LogP contribution in [0.1, 0.15) is 52.9 Å². The molecule has 17 heavy (non-hydrogen) atoms. The van der Waals surface area contributed by atoms with Crippen molar-refractivity contribution in [2.45, 2.75) is 58.9 Å². The van der Waals surface area contributed by atoms with Crippen molar-refractivity contribution in [2.75, 3.05) is 13.6 Å². The highest BCUT2D eigenvalue weighted by Crippen LogP contribution is 2.36. The highest BCUT2D eigenvalue weighted by atomic mass is 16.1. The Labute approximate surface area is 106 Å². The maximum atomic E-state index is 11.2. The molecule has 0 saturated heterocycles. The number of carbonyl (C=O) groups excluding carboxylic acids is 1. The maximum absolute atomic E-state index is 11.2. The van der Waals surface area contributed by atoms with E-state index in [0.717, 1.165) is 5.92 Å². The van der Waals surface area contributed by atoms with Gasteiger partial charge in [-0.3, -0.25) is 4.79 Å². The van der Waals surface area contributed by atoms with Gasteiger partial charge in [-0.05, 0) is 37.0 Å². The van der Waals surface area contributed by atoms with Crippen LogP contribution in [0.2, 0.25) is 0 Å². The van der Waals surface area contributed by atoms with Gasteiger partial charge in [-0.2, -0.15) is 0 Å². The Morgan fingerprint density at radius 2 is 1.88 bits per heavy atom. The summed E-state index contributed by atoms with van der Waals surface area (Å²) in [6.45, 7) is 7.49. The summed E-state index contributed by atoms with van der Waals surface area (Å²) in [6.07, 6.45) is 6.33.